The summed E-state index contributed by atoms with van der Waals surface area (Å²) in [5.41, 5.74) is 5.26. The molecule has 1 aromatic heterocycles. The zero-order valence-electron chi connectivity index (χ0n) is 14.0. The van der Waals surface area contributed by atoms with Gasteiger partial charge in [0.25, 0.3) is 5.91 Å². The topological polar surface area (TPSA) is 114 Å². The fraction of sp³-hybridized carbons (Fsp3) is 0.571. The molecule has 1 rings (SSSR count). The molecule has 0 saturated carbocycles. The number of likely N-dealkylation sites (N-methyl/N-ethyl adjacent to an activating group) is 1. The summed E-state index contributed by atoms with van der Waals surface area (Å²) in [7, 11) is 0.713. The van der Waals surface area contributed by atoms with E-state index in [-0.39, 0.29) is 22.4 Å². The summed E-state index contributed by atoms with van der Waals surface area (Å²) in [6.07, 6.45) is 1.65. The van der Waals surface area contributed by atoms with Crippen molar-refractivity contribution in [1.29, 1.82) is 0 Å². The number of carbonyl (C=O) groups is 2. The highest BCUT2D eigenvalue weighted by Gasteiger charge is 2.28. The Morgan fingerprint density at radius 3 is 2.30 bits per heavy atom. The van der Waals surface area contributed by atoms with Crippen molar-refractivity contribution in [2.24, 2.45) is 18.7 Å². The Bertz CT molecular complexity index is 692. The average molecular weight is 344 g/mol. The first-order chi connectivity index (χ1) is 10.5. The third-order valence-electron chi connectivity index (χ3n) is 3.29. The van der Waals surface area contributed by atoms with Gasteiger partial charge < -0.3 is 15.2 Å². The lowest BCUT2D eigenvalue weighted by atomic mass is 10.0. The molecule has 1 aromatic rings. The maximum atomic E-state index is 12.5. The molecule has 0 saturated heterocycles. The van der Waals surface area contributed by atoms with Crippen molar-refractivity contribution in [2.45, 2.75) is 31.2 Å². The smallest absolute Gasteiger partial charge is 0.265 e. The molecule has 0 aliphatic carbocycles. The van der Waals surface area contributed by atoms with Crippen molar-refractivity contribution in [3.63, 3.8) is 0 Å². The van der Waals surface area contributed by atoms with Crippen LogP contribution in [0, 0.1) is 5.92 Å². The summed E-state index contributed by atoms with van der Waals surface area (Å²) in [4.78, 5) is 24.7. The van der Waals surface area contributed by atoms with Crippen molar-refractivity contribution < 1.29 is 18.0 Å². The molecule has 0 aliphatic rings. The molecule has 0 fully saturated rings. The summed E-state index contributed by atoms with van der Waals surface area (Å²) in [5, 5.41) is 0. The molecule has 8 nitrogen and oxygen atoms in total. The van der Waals surface area contributed by atoms with Gasteiger partial charge in [-0.25, -0.2) is 8.42 Å². The van der Waals surface area contributed by atoms with Crippen LogP contribution in [0.1, 0.15) is 30.8 Å². The summed E-state index contributed by atoms with van der Waals surface area (Å²) in [6, 6.07) is 0.323. The molecule has 1 unspecified atom stereocenters. The van der Waals surface area contributed by atoms with Crippen molar-refractivity contribution >= 4 is 21.8 Å². The predicted molar refractivity (Wildman–Crippen MR) is 86.2 cm³/mol. The number of hydrogen-bond donors (Lipinski definition) is 2. The van der Waals surface area contributed by atoms with E-state index in [9.17, 15) is 18.0 Å². The lowest BCUT2D eigenvalue weighted by molar-refractivity contribution is -0.130. The number of amides is 2. The molecule has 0 aliphatic heterocycles. The second kappa shape index (κ2) is 7.14. The van der Waals surface area contributed by atoms with Crippen LogP contribution in [-0.4, -0.2) is 49.8 Å². The van der Waals surface area contributed by atoms with E-state index >= 15 is 0 Å². The molecule has 2 amide bonds. The van der Waals surface area contributed by atoms with Gasteiger partial charge in [0, 0.05) is 27.3 Å². The van der Waals surface area contributed by atoms with Crippen LogP contribution in [-0.2, 0) is 21.9 Å². The monoisotopic (exact) mass is 344 g/mol. The number of aromatic nitrogens is 1. The second-order valence-electron chi connectivity index (χ2n) is 6.07. The molecule has 1 atom stereocenters. The van der Waals surface area contributed by atoms with Gasteiger partial charge >= 0.3 is 0 Å². The van der Waals surface area contributed by atoms with E-state index in [2.05, 4.69) is 4.72 Å². The van der Waals surface area contributed by atoms with E-state index in [4.69, 9.17) is 5.73 Å². The Kier molecular flexibility index (Phi) is 5.95. The van der Waals surface area contributed by atoms with Crippen LogP contribution in [0.3, 0.4) is 0 Å². The molecule has 23 heavy (non-hydrogen) atoms. The lowest BCUT2D eigenvalue weighted by Gasteiger charge is -2.22. The number of sulfonamides is 1. The average Bonchev–Trinajstić information content (AvgIpc) is 2.79. The maximum absolute atomic E-state index is 12.5. The van der Waals surface area contributed by atoms with Crippen molar-refractivity contribution in [1.82, 2.24) is 14.2 Å². The van der Waals surface area contributed by atoms with Crippen LogP contribution in [0.2, 0.25) is 0 Å². The maximum Gasteiger partial charge on any atom is 0.265 e. The number of rotatable bonds is 7. The first kappa shape index (κ1) is 19.2. The van der Waals surface area contributed by atoms with Gasteiger partial charge in [-0.05, 0) is 18.4 Å². The van der Waals surface area contributed by atoms with Gasteiger partial charge in [0.05, 0.1) is 0 Å². The minimum atomic E-state index is -3.94. The van der Waals surface area contributed by atoms with E-state index in [0.717, 1.165) is 0 Å². The zero-order valence-corrected chi connectivity index (χ0v) is 14.8. The Hall–Kier alpha value is -1.87. The molecule has 0 radical (unpaired) electrons. The molecule has 9 heteroatoms. The van der Waals surface area contributed by atoms with E-state index in [1.54, 1.807) is 14.1 Å². The number of nitrogens with one attached hydrogen (secondary N) is 1. The van der Waals surface area contributed by atoms with Gasteiger partial charge in [-0.2, -0.15) is 4.72 Å². The Morgan fingerprint density at radius 1 is 1.35 bits per heavy atom. The van der Waals surface area contributed by atoms with Gasteiger partial charge in [-0.15, -0.1) is 0 Å². The highest BCUT2D eigenvalue weighted by atomic mass is 32.2. The van der Waals surface area contributed by atoms with Gasteiger partial charge in [-0.1, -0.05) is 13.8 Å². The van der Waals surface area contributed by atoms with E-state index in [1.807, 2.05) is 13.8 Å². The molecule has 3 N–H and O–H groups in total. The SMILES string of the molecule is CC(C)CC(NS(=O)(=O)c1cc(C(N)=O)n(C)c1)C(=O)N(C)C. The van der Waals surface area contributed by atoms with Crippen LogP contribution < -0.4 is 10.5 Å². The molecule has 0 aromatic carbocycles. The largest absolute Gasteiger partial charge is 0.364 e. The van der Waals surface area contributed by atoms with Gasteiger partial charge in [0.15, 0.2) is 0 Å². The first-order valence-corrected chi connectivity index (χ1v) is 8.63. The van der Waals surface area contributed by atoms with Crippen LogP contribution >= 0.6 is 0 Å². The molecular formula is C14H24N4O4S. The predicted octanol–water partition coefficient (Wildman–Crippen LogP) is -0.0948. The van der Waals surface area contributed by atoms with Crippen LogP contribution in [0.4, 0.5) is 0 Å². The number of aryl methyl sites for hydroxylation is 1. The summed E-state index contributed by atoms with van der Waals surface area (Å²) in [6.45, 7) is 3.80. The Balaban J connectivity index is 3.13. The van der Waals surface area contributed by atoms with Gasteiger partial charge in [0.2, 0.25) is 15.9 Å². The normalized spacial score (nSPS) is 13.1. The summed E-state index contributed by atoms with van der Waals surface area (Å²) in [5.74, 6) is -0.922. The number of carbonyl (C=O) groups excluding carboxylic acids is 2. The second-order valence-corrected chi connectivity index (χ2v) is 7.79. The third kappa shape index (κ3) is 4.80. The number of hydrogen-bond acceptors (Lipinski definition) is 4. The number of primary amides is 1. The van der Waals surface area contributed by atoms with Crippen molar-refractivity contribution in [2.75, 3.05) is 14.1 Å². The highest BCUT2D eigenvalue weighted by molar-refractivity contribution is 7.89. The zero-order chi connectivity index (χ0) is 17.9. The van der Waals surface area contributed by atoms with E-state index < -0.39 is 22.0 Å². The molecule has 1 heterocycles. The minimum Gasteiger partial charge on any atom is -0.364 e. The van der Waals surface area contributed by atoms with Gasteiger partial charge in [-0.3, -0.25) is 9.59 Å². The third-order valence-corrected chi connectivity index (χ3v) is 4.72. The molecule has 0 spiro atoms. The van der Waals surface area contributed by atoms with Crippen LogP contribution in [0.5, 0.6) is 0 Å². The van der Waals surface area contributed by atoms with Crippen LogP contribution in [0.15, 0.2) is 17.2 Å². The highest BCUT2D eigenvalue weighted by Crippen LogP contribution is 2.16. The molecule has 130 valence electrons. The molecule has 0 bridgehead atoms. The Morgan fingerprint density at radius 2 is 1.91 bits per heavy atom. The van der Waals surface area contributed by atoms with Crippen molar-refractivity contribution in [3.8, 4) is 0 Å². The number of nitrogens with zero attached hydrogens (tertiary/aromatic N) is 2. The number of nitrogens with two attached hydrogens (primary N) is 1. The van der Waals surface area contributed by atoms with Crippen LogP contribution in [0.25, 0.3) is 0 Å². The fourth-order valence-electron chi connectivity index (χ4n) is 2.16. The lowest BCUT2D eigenvalue weighted by Crippen LogP contribution is -2.46. The minimum absolute atomic E-state index is 0.0738. The van der Waals surface area contributed by atoms with Crippen molar-refractivity contribution in [3.05, 3.63) is 18.0 Å². The summed E-state index contributed by atoms with van der Waals surface area (Å²) >= 11 is 0. The quantitative estimate of drug-likeness (QED) is 0.719. The van der Waals surface area contributed by atoms with E-state index in [0.29, 0.717) is 6.42 Å². The molecular weight excluding hydrogens is 320 g/mol. The summed E-state index contributed by atoms with van der Waals surface area (Å²) < 4.78 is 28.7. The first-order valence-electron chi connectivity index (χ1n) is 7.15. The standard InChI is InChI=1S/C14H24N4O4S/c1-9(2)6-11(14(20)17(3)4)16-23(21,22)10-7-12(13(15)19)18(5)8-10/h7-9,11,16H,6H2,1-5H3,(H2,15,19). The van der Waals surface area contributed by atoms with Gasteiger partial charge in [0.1, 0.15) is 16.6 Å². The fourth-order valence-corrected chi connectivity index (χ4v) is 3.44. The Labute approximate surface area is 136 Å². The van der Waals surface area contributed by atoms with E-state index in [1.165, 1.54) is 28.8 Å².